The van der Waals surface area contributed by atoms with E-state index >= 15 is 0 Å². The van der Waals surface area contributed by atoms with Gasteiger partial charge in [0.25, 0.3) is 5.91 Å². The lowest BCUT2D eigenvalue weighted by Crippen LogP contribution is -2.57. The zero-order valence-electron chi connectivity index (χ0n) is 15.4. The van der Waals surface area contributed by atoms with Gasteiger partial charge < -0.3 is 9.80 Å². The Balaban J connectivity index is 1.61. The Labute approximate surface area is 158 Å². The van der Waals surface area contributed by atoms with E-state index in [9.17, 15) is 9.59 Å². The minimum atomic E-state index is -0.115. The highest BCUT2D eigenvalue weighted by Gasteiger charge is 2.34. The molecule has 1 aromatic heterocycles. The SMILES string of the molecule is Cc1ccc(N2CC(C)N(C(=O)c3cccc4cnccc34)CC2=O)cc1. The Bertz CT molecular complexity index is 1010. The molecule has 1 aliphatic heterocycles. The van der Waals surface area contributed by atoms with E-state index in [1.54, 1.807) is 22.2 Å². The summed E-state index contributed by atoms with van der Waals surface area (Å²) >= 11 is 0. The minimum absolute atomic E-state index is 0.0628. The highest BCUT2D eigenvalue weighted by Crippen LogP contribution is 2.24. The van der Waals surface area contributed by atoms with Gasteiger partial charge in [-0.3, -0.25) is 14.6 Å². The van der Waals surface area contributed by atoms with Crippen LogP contribution >= 0.6 is 0 Å². The van der Waals surface area contributed by atoms with Crippen LogP contribution in [0, 0.1) is 6.92 Å². The number of pyridine rings is 1. The number of piperazine rings is 1. The second-order valence-electron chi connectivity index (χ2n) is 7.02. The highest BCUT2D eigenvalue weighted by atomic mass is 16.2. The van der Waals surface area contributed by atoms with E-state index in [4.69, 9.17) is 0 Å². The van der Waals surface area contributed by atoms with Gasteiger partial charge in [0.1, 0.15) is 6.54 Å². The molecule has 5 nitrogen and oxygen atoms in total. The number of rotatable bonds is 2. The summed E-state index contributed by atoms with van der Waals surface area (Å²) in [6.45, 7) is 4.57. The number of aromatic nitrogens is 1. The highest BCUT2D eigenvalue weighted by molar-refractivity contribution is 6.09. The quantitative estimate of drug-likeness (QED) is 0.704. The van der Waals surface area contributed by atoms with Crippen LogP contribution in [0.25, 0.3) is 10.8 Å². The largest absolute Gasteiger partial charge is 0.325 e. The Morgan fingerprint density at radius 1 is 1.11 bits per heavy atom. The maximum atomic E-state index is 13.2. The third-order valence-electron chi connectivity index (χ3n) is 5.10. The summed E-state index contributed by atoms with van der Waals surface area (Å²) in [4.78, 5) is 33.5. The van der Waals surface area contributed by atoms with E-state index in [-0.39, 0.29) is 24.4 Å². The van der Waals surface area contributed by atoms with E-state index in [1.807, 2.05) is 62.4 Å². The van der Waals surface area contributed by atoms with Gasteiger partial charge in [0.2, 0.25) is 5.91 Å². The fourth-order valence-corrected chi connectivity index (χ4v) is 3.56. The maximum absolute atomic E-state index is 13.2. The molecule has 3 aromatic rings. The summed E-state index contributed by atoms with van der Waals surface area (Å²) in [6, 6.07) is 15.3. The molecule has 2 amide bonds. The number of carbonyl (C=O) groups excluding carboxylic acids is 2. The molecule has 5 heteroatoms. The molecule has 1 unspecified atom stereocenters. The normalized spacial score (nSPS) is 17.4. The summed E-state index contributed by atoms with van der Waals surface area (Å²) in [7, 11) is 0. The molecule has 0 saturated carbocycles. The molecule has 0 aliphatic carbocycles. The zero-order chi connectivity index (χ0) is 19.0. The first-order valence-electron chi connectivity index (χ1n) is 9.05. The van der Waals surface area contributed by atoms with Gasteiger partial charge >= 0.3 is 0 Å². The third kappa shape index (κ3) is 3.16. The summed E-state index contributed by atoms with van der Waals surface area (Å²) < 4.78 is 0. The van der Waals surface area contributed by atoms with Crippen LogP contribution in [0.3, 0.4) is 0 Å². The van der Waals surface area contributed by atoms with Crippen molar-refractivity contribution in [1.82, 2.24) is 9.88 Å². The standard InChI is InChI=1S/C22H21N3O2/c1-15-6-8-18(9-7-15)25-13-16(2)24(14-21(25)26)22(27)20-5-3-4-17-12-23-11-10-19(17)20/h3-12,16H,13-14H2,1-2H3. The number of hydrogen-bond acceptors (Lipinski definition) is 3. The molecule has 0 bridgehead atoms. The van der Waals surface area contributed by atoms with Gasteiger partial charge in [-0.25, -0.2) is 0 Å². The predicted octanol–water partition coefficient (Wildman–Crippen LogP) is 3.42. The molecule has 136 valence electrons. The number of aryl methyl sites for hydroxylation is 1. The summed E-state index contributed by atoms with van der Waals surface area (Å²) in [5.74, 6) is -0.177. The molecule has 0 spiro atoms. The number of nitrogens with zero attached hydrogens (tertiary/aromatic N) is 3. The van der Waals surface area contributed by atoms with Crippen molar-refractivity contribution in [3.8, 4) is 0 Å². The number of hydrogen-bond donors (Lipinski definition) is 0. The van der Waals surface area contributed by atoms with Crippen molar-refractivity contribution in [3.63, 3.8) is 0 Å². The molecular formula is C22H21N3O2. The molecule has 1 aliphatic rings. The van der Waals surface area contributed by atoms with Crippen LogP contribution in [0.1, 0.15) is 22.8 Å². The van der Waals surface area contributed by atoms with E-state index < -0.39 is 0 Å². The summed E-state index contributed by atoms with van der Waals surface area (Å²) in [5.41, 5.74) is 2.64. The van der Waals surface area contributed by atoms with Gasteiger partial charge in [-0.15, -0.1) is 0 Å². The Morgan fingerprint density at radius 3 is 2.67 bits per heavy atom. The molecule has 2 heterocycles. The van der Waals surface area contributed by atoms with Crippen molar-refractivity contribution in [2.45, 2.75) is 19.9 Å². The number of carbonyl (C=O) groups is 2. The van der Waals surface area contributed by atoms with Crippen molar-refractivity contribution in [2.75, 3.05) is 18.0 Å². The maximum Gasteiger partial charge on any atom is 0.255 e. The summed E-state index contributed by atoms with van der Waals surface area (Å²) in [6.07, 6.45) is 3.43. The number of anilines is 1. The molecule has 4 rings (SSSR count). The van der Waals surface area contributed by atoms with Crippen molar-refractivity contribution in [3.05, 3.63) is 72.1 Å². The van der Waals surface area contributed by atoms with Crippen LogP contribution in [0.5, 0.6) is 0 Å². The van der Waals surface area contributed by atoms with Crippen molar-refractivity contribution in [1.29, 1.82) is 0 Å². The lowest BCUT2D eigenvalue weighted by molar-refractivity contribution is -0.121. The zero-order valence-corrected chi connectivity index (χ0v) is 15.4. The fourth-order valence-electron chi connectivity index (χ4n) is 3.56. The van der Waals surface area contributed by atoms with Gasteiger partial charge in [0, 0.05) is 41.6 Å². The Kier molecular flexibility index (Phi) is 4.36. The summed E-state index contributed by atoms with van der Waals surface area (Å²) in [5, 5.41) is 1.78. The van der Waals surface area contributed by atoms with Crippen LogP contribution in [0.15, 0.2) is 60.9 Å². The van der Waals surface area contributed by atoms with E-state index in [2.05, 4.69) is 4.98 Å². The number of benzene rings is 2. The average molecular weight is 359 g/mol. The molecule has 1 fully saturated rings. The van der Waals surface area contributed by atoms with Gasteiger partial charge in [-0.05, 0) is 43.5 Å². The third-order valence-corrected chi connectivity index (χ3v) is 5.10. The average Bonchev–Trinajstić information content (AvgIpc) is 2.69. The van der Waals surface area contributed by atoms with Gasteiger partial charge in [0.05, 0.1) is 0 Å². The molecule has 2 aromatic carbocycles. The van der Waals surface area contributed by atoms with Crippen LogP contribution in [-0.4, -0.2) is 40.8 Å². The predicted molar refractivity (Wildman–Crippen MR) is 106 cm³/mol. The van der Waals surface area contributed by atoms with Gasteiger partial charge in [-0.1, -0.05) is 29.8 Å². The first kappa shape index (κ1) is 17.2. The second-order valence-corrected chi connectivity index (χ2v) is 7.02. The smallest absolute Gasteiger partial charge is 0.255 e. The monoisotopic (exact) mass is 359 g/mol. The number of amides is 2. The number of fused-ring (bicyclic) bond motifs is 1. The first-order valence-corrected chi connectivity index (χ1v) is 9.05. The molecule has 1 saturated heterocycles. The van der Waals surface area contributed by atoms with Gasteiger partial charge in [0.15, 0.2) is 0 Å². The Hall–Kier alpha value is -3.21. The minimum Gasteiger partial charge on any atom is -0.325 e. The molecule has 1 atom stereocenters. The van der Waals surface area contributed by atoms with Crippen LogP contribution in [0.4, 0.5) is 5.69 Å². The first-order chi connectivity index (χ1) is 13.0. The van der Waals surface area contributed by atoms with E-state index in [0.717, 1.165) is 22.0 Å². The van der Waals surface area contributed by atoms with Crippen molar-refractivity contribution < 1.29 is 9.59 Å². The van der Waals surface area contributed by atoms with Gasteiger partial charge in [-0.2, -0.15) is 0 Å². The molecular weight excluding hydrogens is 338 g/mol. The van der Waals surface area contributed by atoms with Crippen molar-refractivity contribution >= 4 is 28.3 Å². The topological polar surface area (TPSA) is 53.5 Å². The van der Waals surface area contributed by atoms with E-state index in [1.165, 1.54) is 0 Å². The van der Waals surface area contributed by atoms with Crippen LogP contribution < -0.4 is 4.90 Å². The van der Waals surface area contributed by atoms with Crippen LogP contribution in [-0.2, 0) is 4.79 Å². The van der Waals surface area contributed by atoms with Crippen LogP contribution in [0.2, 0.25) is 0 Å². The molecule has 27 heavy (non-hydrogen) atoms. The fraction of sp³-hybridized carbons (Fsp3) is 0.227. The lowest BCUT2D eigenvalue weighted by atomic mass is 10.0. The molecule has 0 N–H and O–H groups in total. The van der Waals surface area contributed by atoms with E-state index in [0.29, 0.717) is 12.1 Å². The lowest BCUT2D eigenvalue weighted by Gasteiger charge is -2.39. The molecule has 0 radical (unpaired) electrons. The second kappa shape index (κ2) is 6.83. The van der Waals surface area contributed by atoms with Crippen molar-refractivity contribution in [2.24, 2.45) is 0 Å². The Morgan fingerprint density at radius 2 is 1.89 bits per heavy atom.